The van der Waals surface area contributed by atoms with Crippen LogP contribution in [0.5, 0.6) is 5.75 Å². The lowest BCUT2D eigenvalue weighted by atomic mass is 9.96. The first-order chi connectivity index (χ1) is 33.8. The van der Waals surface area contributed by atoms with Crippen LogP contribution in [-0.4, -0.2) is 158 Å². The van der Waals surface area contributed by atoms with Gasteiger partial charge in [0, 0.05) is 19.4 Å². The number of phenolic OH excluding ortho intramolecular Hbond substituents is 1. The monoisotopic (exact) mass is 1010 g/mol. The van der Waals surface area contributed by atoms with Crippen LogP contribution in [0.2, 0.25) is 0 Å². The first-order valence-corrected chi connectivity index (χ1v) is 23.8. The van der Waals surface area contributed by atoms with E-state index in [2.05, 4.69) is 43.0 Å². The number of quaternary nitrogens is 1. The molecule has 24 nitrogen and oxygen atoms in total. The molecule has 3 rings (SSSR count). The van der Waals surface area contributed by atoms with E-state index in [1.807, 2.05) is 6.07 Å². The zero-order valence-electron chi connectivity index (χ0n) is 41.4. The molecule has 0 radical (unpaired) electrons. The molecule has 396 valence electrons. The van der Waals surface area contributed by atoms with Crippen LogP contribution in [0, 0.1) is 11.8 Å². The van der Waals surface area contributed by atoms with Crippen molar-refractivity contribution in [3.05, 3.63) is 65.7 Å². The van der Waals surface area contributed by atoms with Crippen LogP contribution >= 0.6 is 0 Å². The number of amides is 9. The van der Waals surface area contributed by atoms with E-state index in [9.17, 15) is 68.4 Å². The van der Waals surface area contributed by atoms with Crippen molar-refractivity contribution in [3.63, 3.8) is 0 Å². The summed E-state index contributed by atoms with van der Waals surface area (Å²) in [7, 11) is 0. The van der Waals surface area contributed by atoms with E-state index in [1.165, 1.54) is 24.3 Å². The summed E-state index contributed by atoms with van der Waals surface area (Å²) < 4.78 is 0. The first kappa shape index (κ1) is 59.1. The van der Waals surface area contributed by atoms with Gasteiger partial charge in [-0.05, 0) is 61.8 Å². The summed E-state index contributed by atoms with van der Waals surface area (Å²) in [5.74, 6) is -10.5. The van der Waals surface area contributed by atoms with E-state index in [1.54, 1.807) is 52.0 Å². The Morgan fingerprint density at radius 2 is 1.19 bits per heavy atom. The minimum atomic E-state index is -1.78. The molecular weight excluding hydrogens is 941 g/mol. The number of phenols is 1. The number of aliphatic hydroxyl groups excluding tert-OH is 2. The Hall–Kier alpha value is -7.18. The van der Waals surface area contributed by atoms with Gasteiger partial charge in [0.15, 0.2) is 6.04 Å². The summed E-state index contributed by atoms with van der Waals surface area (Å²) in [5, 5.41) is 57.8. The van der Waals surface area contributed by atoms with Crippen LogP contribution in [0.1, 0.15) is 78.4 Å². The summed E-state index contributed by atoms with van der Waals surface area (Å²) in [6.07, 6.45) is -2.84. The highest BCUT2D eigenvalue weighted by atomic mass is 16.4. The molecule has 1 fully saturated rings. The molecule has 1 heterocycles. The summed E-state index contributed by atoms with van der Waals surface area (Å²) in [6, 6.07) is 3.65. The molecule has 2 aromatic carbocycles. The van der Waals surface area contributed by atoms with E-state index in [0.717, 1.165) is 24.3 Å². The second-order valence-corrected chi connectivity index (χ2v) is 18.4. The number of rotatable bonds is 27. The SMILES string of the molecule is CC[C@H](C)[C@H](NC(=O)[C@H](CC(N)=O)NC(=O)[C@@H]([NH3+])Cc1ccccc1)C(=O)N[C@H](C(=O)NCC(=O)N[C@H](C(=O)N[C@H](C(=O)N[C@@H](Cc1ccc(O)cc1)C(=O)N1CCC[C@H]1C(=O)O)[C@@H](C)O)[C@@H](C)O)C(C)C. The van der Waals surface area contributed by atoms with Crippen molar-refractivity contribution in [2.24, 2.45) is 17.6 Å². The topological polar surface area (TPSA) is 393 Å². The molecule has 0 spiro atoms. The molecule has 72 heavy (non-hydrogen) atoms. The van der Waals surface area contributed by atoms with Crippen molar-refractivity contribution in [3.8, 4) is 5.75 Å². The van der Waals surface area contributed by atoms with Crippen LogP contribution < -0.4 is 48.7 Å². The molecule has 0 aliphatic carbocycles. The van der Waals surface area contributed by atoms with E-state index in [-0.39, 0.29) is 31.6 Å². The number of nitrogens with two attached hydrogens (primary N) is 1. The van der Waals surface area contributed by atoms with Gasteiger partial charge in [-0.1, -0.05) is 76.6 Å². The third-order valence-electron chi connectivity index (χ3n) is 12.2. The van der Waals surface area contributed by atoms with E-state index < -0.39 is 144 Å². The van der Waals surface area contributed by atoms with Gasteiger partial charge in [0.1, 0.15) is 48.0 Å². The Kier molecular flexibility index (Phi) is 23.0. The van der Waals surface area contributed by atoms with Gasteiger partial charge in [0.05, 0.1) is 25.2 Å². The van der Waals surface area contributed by atoms with E-state index in [4.69, 9.17) is 5.73 Å². The van der Waals surface area contributed by atoms with Gasteiger partial charge in [-0.25, -0.2) is 4.79 Å². The fourth-order valence-electron chi connectivity index (χ4n) is 7.80. The largest absolute Gasteiger partial charge is 0.508 e. The minimum Gasteiger partial charge on any atom is -0.508 e. The molecular formula is C48H71N10O14+. The highest BCUT2D eigenvalue weighted by Gasteiger charge is 2.40. The average molecular weight is 1010 g/mol. The van der Waals surface area contributed by atoms with E-state index in [0.29, 0.717) is 18.4 Å². The van der Waals surface area contributed by atoms with Gasteiger partial charge in [0.2, 0.25) is 47.3 Å². The molecule has 0 bridgehead atoms. The number of hydrogen-bond donors (Lipinski definition) is 13. The lowest BCUT2D eigenvalue weighted by Crippen LogP contribution is -2.70. The lowest BCUT2D eigenvalue weighted by molar-refractivity contribution is -0.403. The van der Waals surface area contributed by atoms with Gasteiger partial charge < -0.3 is 74.0 Å². The molecule has 1 aliphatic rings. The fourth-order valence-corrected chi connectivity index (χ4v) is 7.80. The lowest BCUT2D eigenvalue weighted by Gasteiger charge is -2.30. The number of aliphatic hydroxyl groups is 2. The number of likely N-dealkylation sites (tertiary alicyclic amines) is 1. The number of aromatic hydroxyl groups is 1. The number of benzene rings is 2. The molecule has 1 saturated heterocycles. The van der Waals surface area contributed by atoms with Crippen molar-refractivity contribution in [2.75, 3.05) is 13.1 Å². The third kappa shape index (κ3) is 17.9. The maximum absolute atomic E-state index is 13.8. The normalized spacial score (nSPS) is 17.5. The number of carboxylic acid groups (broad SMARTS) is 1. The van der Waals surface area contributed by atoms with Crippen LogP contribution in [0.25, 0.3) is 0 Å². The van der Waals surface area contributed by atoms with Crippen molar-refractivity contribution in [1.29, 1.82) is 0 Å². The summed E-state index contributed by atoms with van der Waals surface area (Å²) in [5.41, 5.74) is 10.6. The Morgan fingerprint density at radius 1 is 0.667 bits per heavy atom. The van der Waals surface area contributed by atoms with Gasteiger partial charge >= 0.3 is 5.97 Å². The Balaban J connectivity index is 1.69. The number of carboxylic acids is 1. The second-order valence-electron chi connectivity index (χ2n) is 18.4. The second kappa shape index (κ2) is 28.0. The zero-order valence-corrected chi connectivity index (χ0v) is 41.4. The quantitative estimate of drug-likeness (QED) is 0.0409. The number of hydrogen-bond acceptors (Lipinski definition) is 13. The molecule has 9 amide bonds. The van der Waals surface area contributed by atoms with E-state index >= 15 is 0 Å². The van der Waals surface area contributed by atoms with Crippen molar-refractivity contribution in [1.82, 2.24) is 42.1 Å². The predicted molar refractivity (Wildman–Crippen MR) is 257 cm³/mol. The van der Waals surface area contributed by atoms with Crippen LogP contribution in [0.4, 0.5) is 0 Å². The molecule has 24 heteroatoms. The highest BCUT2D eigenvalue weighted by Crippen LogP contribution is 2.21. The number of carbonyl (C=O) groups is 10. The van der Waals surface area contributed by atoms with Crippen LogP contribution in [-0.2, 0) is 60.8 Å². The molecule has 1 aliphatic heterocycles. The maximum Gasteiger partial charge on any atom is 0.326 e. The predicted octanol–water partition coefficient (Wildman–Crippen LogP) is -3.77. The molecule has 0 unspecified atom stereocenters. The fraction of sp³-hybridized carbons (Fsp3) is 0.542. The van der Waals surface area contributed by atoms with Gasteiger partial charge in [-0.15, -0.1) is 0 Å². The van der Waals surface area contributed by atoms with Gasteiger partial charge in [-0.3, -0.25) is 43.2 Å². The molecule has 11 atom stereocenters. The number of nitrogens with zero attached hydrogens (tertiary/aromatic N) is 1. The molecule has 2 aromatic rings. The smallest absolute Gasteiger partial charge is 0.326 e. The Morgan fingerprint density at radius 3 is 1.75 bits per heavy atom. The summed E-state index contributed by atoms with van der Waals surface area (Å²) >= 11 is 0. The zero-order chi connectivity index (χ0) is 54.0. The number of carbonyl (C=O) groups excluding carboxylic acids is 9. The highest BCUT2D eigenvalue weighted by molar-refractivity contribution is 5.98. The summed E-state index contributed by atoms with van der Waals surface area (Å²) in [6.45, 7) is 8.20. The van der Waals surface area contributed by atoms with Gasteiger partial charge in [-0.2, -0.15) is 0 Å². The number of aliphatic carboxylic acids is 1. The molecule has 0 aromatic heterocycles. The van der Waals surface area contributed by atoms with Gasteiger partial charge in [0.25, 0.3) is 5.91 Å². The first-order valence-electron chi connectivity index (χ1n) is 23.8. The Bertz CT molecular complexity index is 2230. The third-order valence-corrected chi connectivity index (χ3v) is 12.2. The maximum atomic E-state index is 13.8. The van der Waals surface area contributed by atoms with Crippen molar-refractivity contribution >= 4 is 59.1 Å². The van der Waals surface area contributed by atoms with Crippen molar-refractivity contribution < 1.29 is 74.1 Å². The number of nitrogens with one attached hydrogen (secondary N) is 7. The average Bonchev–Trinajstić information content (AvgIpc) is 3.83. The molecule has 0 saturated carbocycles. The summed E-state index contributed by atoms with van der Waals surface area (Å²) in [4.78, 5) is 133. The van der Waals surface area contributed by atoms with Crippen molar-refractivity contribution in [2.45, 2.75) is 141 Å². The van der Waals surface area contributed by atoms with Crippen LogP contribution in [0.15, 0.2) is 54.6 Å². The number of primary amides is 1. The van der Waals surface area contributed by atoms with Crippen LogP contribution in [0.3, 0.4) is 0 Å². The standard InChI is InChI=1S/C48H70N10O14/c1-7-25(4)38(56-42(65)32(22-35(50)62)52-41(64)31(49)20-28-12-9-8-10-13-28)44(67)55-37(24(2)3)43(66)51-23-36(63)54-39(26(5)59)46(69)57-40(27(6)60)45(68)53-33(21-29-15-17-30(61)18-16-29)47(70)58-19-11-14-34(58)48(71)72/h8-10,12-13,15-18,24-27,31-34,37-40,59-61H,7,11,14,19-23,49H2,1-6H3,(H2,50,62)(H,51,66)(H,52,64)(H,53,68)(H,54,63)(H,55,67)(H,56,65)(H,57,69)(H,71,72)/p+1/t25-,26+,27+,31-,32-,33-,34-,37-,38-,39-,40-/m0/s1. The minimum absolute atomic E-state index is 0.0725. The molecule has 16 N–H and O–H groups in total. The Labute approximate surface area is 417 Å².